The number of carbonyl (C=O) groups excluding carboxylic acids is 1. The molecule has 0 aliphatic rings. The molecule has 1 N–H and O–H groups in total. The van der Waals surface area contributed by atoms with Crippen molar-refractivity contribution in [2.24, 2.45) is 0 Å². The lowest BCUT2D eigenvalue weighted by molar-refractivity contribution is 0.0453. The van der Waals surface area contributed by atoms with Gasteiger partial charge in [-0.25, -0.2) is 0 Å². The van der Waals surface area contributed by atoms with Crippen molar-refractivity contribution < 1.29 is 28.3 Å². The predicted octanol–water partition coefficient (Wildman–Crippen LogP) is 4.36. The van der Waals surface area contributed by atoms with Crippen molar-refractivity contribution in [3.8, 4) is 11.5 Å². The van der Waals surface area contributed by atoms with Gasteiger partial charge in [0.25, 0.3) is 5.91 Å². The third kappa shape index (κ3) is 7.07. The fraction of sp³-hybridized carbons (Fsp3) is 0.385. The summed E-state index contributed by atoms with van der Waals surface area (Å²) in [5.41, 5.74) is 4.20. The van der Waals surface area contributed by atoms with E-state index < -0.39 is 0 Å². The second-order valence-corrected chi connectivity index (χ2v) is 7.71. The van der Waals surface area contributed by atoms with E-state index >= 15 is 0 Å². The summed E-state index contributed by atoms with van der Waals surface area (Å²) in [7, 11) is 1.54. The molecule has 1 aromatic heterocycles. The van der Waals surface area contributed by atoms with Crippen molar-refractivity contribution >= 4 is 5.91 Å². The van der Waals surface area contributed by atoms with Crippen LogP contribution in [0.2, 0.25) is 0 Å². The molecule has 1 heterocycles. The topological polar surface area (TPSA) is 92.1 Å². The first kappa shape index (κ1) is 25.3. The molecule has 2 aromatic carbocycles. The van der Waals surface area contributed by atoms with Crippen LogP contribution in [0.15, 0.2) is 47.0 Å². The molecule has 0 fully saturated rings. The van der Waals surface area contributed by atoms with Gasteiger partial charge in [0.05, 0.1) is 38.2 Å². The Morgan fingerprint density at radius 1 is 1.00 bits per heavy atom. The maximum atomic E-state index is 12.7. The lowest BCUT2D eigenvalue weighted by Crippen LogP contribution is -2.22. The molecule has 182 valence electrons. The van der Waals surface area contributed by atoms with E-state index in [1.54, 1.807) is 25.3 Å². The molecule has 8 nitrogen and oxygen atoms in total. The number of benzene rings is 2. The van der Waals surface area contributed by atoms with Crippen molar-refractivity contribution in [3.05, 3.63) is 76.2 Å². The number of methoxy groups -OCH3 is 1. The van der Waals surface area contributed by atoms with Gasteiger partial charge in [-0.1, -0.05) is 29.4 Å². The van der Waals surface area contributed by atoms with Crippen molar-refractivity contribution in [2.45, 2.75) is 40.5 Å². The van der Waals surface area contributed by atoms with Crippen LogP contribution in [0, 0.1) is 13.8 Å². The van der Waals surface area contributed by atoms with Crippen LogP contribution in [0.4, 0.5) is 0 Å². The van der Waals surface area contributed by atoms with E-state index in [9.17, 15) is 4.79 Å². The number of hydrogen-bond donors (Lipinski definition) is 1. The van der Waals surface area contributed by atoms with Crippen LogP contribution in [-0.2, 0) is 29.2 Å². The summed E-state index contributed by atoms with van der Waals surface area (Å²) < 4.78 is 27.4. The number of carbonyl (C=O) groups is 1. The van der Waals surface area contributed by atoms with Crippen LogP contribution >= 0.6 is 0 Å². The average Bonchev–Trinajstić information content (AvgIpc) is 3.18. The quantitative estimate of drug-likeness (QED) is 0.373. The SMILES string of the molecule is CCOCCOCc1cccc(CNC(=O)c2ccc(OCc3c(C)noc3C)c(OC)c2)c1. The van der Waals surface area contributed by atoms with Gasteiger partial charge >= 0.3 is 0 Å². The molecule has 0 unspecified atom stereocenters. The molecular weight excluding hydrogens is 436 g/mol. The van der Waals surface area contributed by atoms with Crippen LogP contribution in [-0.4, -0.2) is 38.0 Å². The van der Waals surface area contributed by atoms with Gasteiger partial charge in [0.2, 0.25) is 0 Å². The molecule has 0 bridgehead atoms. The summed E-state index contributed by atoms with van der Waals surface area (Å²) in [5.74, 6) is 1.53. The van der Waals surface area contributed by atoms with E-state index in [1.165, 1.54) is 0 Å². The van der Waals surface area contributed by atoms with Crippen molar-refractivity contribution in [2.75, 3.05) is 26.9 Å². The third-order valence-corrected chi connectivity index (χ3v) is 5.27. The summed E-state index contributed by atoms with van der Waals surface area (Å²) in [4.78, 5) is 12.7. The number of aryl methyl sites for hydroxylation is 2. The molecule has 0 saturated heterocycles. The zero-order valence-corrected chi connectivity index (χ0v) is 20.2. The molecule has 3 aromatic rings. The smallest absolute Gasteiger partial charge is 0.251 e. The Morgan fingerprint density at radius 3 is 2.53 bits per heavy atom. The van der Waals surface area contributed by atoms with Crippen LogP contribution in [0.3, 0.4) is 0 Å². The van der Waals surface area contributed by atoms with Gasteiger partial charge in [-0.05, 0) is 50.1 Å². The standard InChI is InChI=1S/C26H32N2O6/c1-5-31-11-12-32-16-21-8-6-7-20(13-21)15-27-26(29)22-9-10-24(25(14-22)30-4)33-17-23-18(2)28-34-19(23)3/h6-10,13-14H,5,11-12,15-17H2,1-4H3,(H,27,29). The molecule has 0 atom stereocenters. The minimum Gasteiger partial charge on any atom is -0.493 e. The highest BCUT2D eigenvalue weighted by Gasteiger charge is 2.14. The molecule has 0 saturated carbocycles. The molecule has 0 aliphatic heterocycles. The Bertz CT molecular complexity index is 1060. The second kappa shape index (κ2) is 12.8. The van der Waals surface area contributed by atoms with Crippen LogP contribution in [0.25, 0.3) is 0 Å². The number of hydrogen-bond acceptors (Lipinski definition) is 7. The first-order chi connectivity index (χ1) is 16.5. The van der Waals surface area contributed by atoms with E-state index in [1.807, 2.05) is 45.0 Å². The van der Waals surface area contributed by atoms with Crippen LogP contribution in [0.5, 0.6) is 11.5 Å². The summed E-state index contributed by atoms with van der Waals surface area (Å²) >= 11 is 0. The lowest BCUT2D eigenvalue weighted by atomic mass is 10.1. The number of aromatic nitrogens is 1. The minimum absolute atomic E-state index is 0.200. The van der Waals surface area contributed by atoms with Gasteiger partial charge in [0.15, 0.2) is 11.5 Å². The van der Waals surface area contributed by atoms with E-state index in [-0.39, 0.29) is 5.91 Å². The number of ether oxygens (including phenoxy) is 4. The molecule has 0 radical (unpaired) electrons. The Morgan fingerprint density at radius 2 is 1.79 bits per heavy atom. The maximum absolute atomic E-state index is 12.7. The first-order valence-corrected chi connectivity index (χ1v) is 11.3. The van der Waals surface area contributed by atoms with Gasteiger partial charge in [0, 0.05) is 18.7 Å². The molecule has 0 aliphatic carbocycles. The summed E-state index contributed by atoms with van der Waals surface area (Å²) in [6, 6.07) is 13.0. The fourth-order valence-electron chi connectivity index (χ4n) is 3.35. The molecule has 1 amide bonds. The average molecular weight is 469 g/mol. The van der Waals surface area contributed by atoms with E-state index in [0.717, 1.165) is 22.4 Å². The number of rotatable bonds is 13. The van der Waals surface area contributed by atoms with E-state index in [2.05, 4.69) is 10.5 Å². The van der Waals surface area contributed by atoms with E-state index in [4.69, 9.17) is 23.5 Å². The number of amides is 1. The molecule has 8 heteroatoms. The minimum atomic E-state index is -0.200. The Hall–Kier alpha value is -3.36. The largest absolute Gasteiger partial charge is 0.493 e. The Labute approximate surface area is 200 Å². The Balaban J connectivity index is 1.55. The maximum Gasteiger partial charge on any atom is 0.251 e. The fourth-order valence-corrected chi connectivity index (χ4v) is 3.35. The molecule has 3 rings (SSSR count). The zero-order chi connectivity index (χ0) is 24.3. The normalized spacial score (nSPS) is 10.8. The zero-order valence-electron chi connectivity index (χ0n) is 20.2. The highest BCUT2D eigenvalue weighted by Crippen LogP contribution is 2.29. The van der Waals surface area contributed by atoms with Crippen molar-refractivity contribution in [3.63, 3.8) is 0 Å². The van der Waals surface area contributed by atoms with Crippen LogP contribution in [0.1, 0.15) is 45.4 Å². The summed E-state index contributed by atoms with van der Waals surface area (Å²) in [5, 5.41) is 6.88. The lowest BCUT2D eigenvalue weighted by Gasteiger charge is -2.13. The van der Waals surface area contributed by atoms with Crippen molar-refractivity contribution in [1.82, 2.24) is 10.5 Å². The third-order valence-electron chi connectivity index (χ3n) is 5.27. The highest BCUT2D eigenvalue weighted by molar-refractivity contribution is 5.94. The predicted molar refractivity (Wildman–Crippen MR) is 127 cm³/mol. The highest BCUT2D eigenvalue weighted by atomic mass is 16.5. The summed E-state index contributed by atoms with van der Waals surface area (Å²) in [6.07, 6.45) is 0. The second-order valence-electron chi connectivity index (χ2n) is 7.71. The molecule has 34 heavy (non-hydrogen) atoms. The van der Waals surface area contributed by atoms with E-state index in [0.29, 0.717) is 62.4 Å². The van der Waals surface area contributed by atoms with Gasteiger partial charge in [-0.3, -0.25) is 4.79 Å². The Kier molecular flexibility index (Phi) is 9.49. The molecular formula is C26H32N2O6. The number of nitrogens with one attached hydrogen (secondary N) is 1. The summed E-state index contributed by atoms with van der Waals surface area (Å²) in [6.45, 7) is 8.68. The van der Waals surface area contributed by atoms with Crippen molar-refractivity contribution in [1.29, 1.82) is 0 Å². The number of nitrogens with zero attached hydrogens (tertiary/aromatic N) is 1. The van der Waals surface area contributed by atoms with Gasteiger partial charge < -0.3 is 28.8 Å². The monoisotopic (exact) mass is 468 g/mol. The first-order valence-electron chi connectivity index (χ1n) is 11.3. The van der Waals surface area contributed by atoms with Gasteiger partial charge in [0.1, 0.15) is 12.4 Å². The van der Waals surface area contributed by atoms with Gasteiger partial charge in [-0.2, -0.15) is 0 Å². The van der Waals surface area contributed by atoms with Gasteiger partial charge in [-0.15, -0.1) is 0 Å². The molecule has 0 spiro atoms. The van der Waals surface area contributed by atoms with Crippen LogP contribution < -0.4 is 14.8 Å².